The second-order valence-corrected chi connectivity index (χ2v) is 8.53. The van der Waals surface area contributed by atoms with Crippen LogP contribution in [0.15, 0.2) is 65.3 Å². The zero-order valence-corrected chi connectivity index (χ0v) is 19.6. The van der Waals surface area contributed by atoms with Gasteiger partial charge in [-0.3, -0.25) is 4.57 Å². The van der Waals surface area contributed by atoms with Crippen LogP contribution in [0, 0.1) is 5.82 Å². The van der Waals surface area contributed by atoms with Gasteiger partial charge < -0.3 is 23.9 Å². The highest BCUT2D eigenvalue weighted by atomic mass is 31.1. The molecule has 3 aromatic rings. The molecule has 0 bridgehead atoms. The highest BCUT2D eigenvalue weighted by molar-refractivity contribution is 7.32. The fourth-order valence-electron chi connectivity index (χ4n) is 3.49. The zero-order chi connectivity index (χ0) is 23.3. The molecule has 2 aromatic carbocycles. The van der Waals surface area contributed by atoms with Crippen LogP contribution in [-0.4, -0.2) is 24.7 Å². The molecule has 1 atom stereocenters. The topological polar surface area (TPSA) is 80.9 Å². The first-order valence-electron chi connectivity index (χ1n) is 11.2. The number of benzene rings is 2. The van der Waals surface area contributed by atoms with Crippen molar-refractivity contribution in [3.05, 3.63) is 77.8 Å². The van der Waals surface area contributed by atoms with Crippen molar-refractivity contribution in [1.82, 2.24) is 5.32 Å². The molecule has 6 nitrogen and oxygen atoms in total. The summed E-state index contributed by atoms with van der Waals surface area (Å²) in [5, 5.41) is 3.12. The minimum Gasteiger partial charge on any atom is -0.493 e. The minimum absolute atomic E-state index is 0.180. The van der Waals surface area contributed by atoms with Gasteiger partial charge in [0, 0.05) is 18.2 Å². The second kappa shape index (κ2) is 14.0. The van der Waals surface area contributed by atoms with E-state index in [0.29, 0.717) is 48.8 Å². The number of halogens is 1. The van der Waals surface area contributed by atoms with Gasteiger partial charge in [0.05, 0.1) is 25.0 Å². The number of rotatable bonds is 15. The summed E-state index contributed by atoms with van der Waals surface area (Å²) < 4.78 is 41.4. The third-order valence-corrected chi connectivity index (χ3v) is 5.64. The number of nitrogens with one attached hydrogen (secondary N) is 1. The number of hydrogen-bond donors (Lipinski definition) is 2. The number of aryl methyl sites for hydroxylation is 1. The first kappa shape index (κ1) is 25.2. The molecule has 33 heavy (non-hydrogen) atoms. The Balaban J connectivity index is 1.51. The average molecular weight is 475 g/mol. The van der Waals surface area contributed by atoms with E-state index in [0.717, 1.165) is 25.7 Å². The quantitative estimate of drug-likeness (QED) is 0.215. The predicted octanol–water partition coefficient (Wildman–Crippen LogP) is 5.76. The molecule has 2 N–H and O–H groups in total. The molecule has 178 valence electrons. The Morgan fingerprint density at radius 3 is 2.61 bits per heavy atom. The number of unbranched alkanes of at least 4 members (excludes halogenated alkanes) is 2. The lowest BCUT2D eigenvalue weighted by atomic mass is 10.1. The van der Waals surface area contributed by atoms with E-state index < -0.39 is 8.25 Å². The Hall–Kier alpha value is -2.44. The Morgan fingerprint density at radius 2 is 1.85 bits per heavy atom. The van der Waals surface area contributed by atoms with Crippen molar-refractivity contribution in [2.75, 3.05) is 19.8 Å². The maximum atomic E-state index is 14.7. The third-order valence-electron chi connectivity index (χ3n) is 5.18. The molecule has 0 aliphatic rings. The molecule has 8 heteroatoms. The zero-order valence-electron chi connectivity index (χ0n) is 18.6. The normalized spacial score (nSPS) is 12.1. The van der Waals surface area contributed by atoms with Crippen molar-refractivity contribution in [3.63, 3.8) is 0 Å². The van der Waals surface area contributed by atoms with E-state index in [1.165, 1.54) is 11.6 Å². The Labute approximate surface area is 194 Å². The molecule has 0 radical (unpaired) electrons. The summed E-state index contributed by atoms with van der Waals surface area (Å²) >= 11 is 0. The van der Waals surface area contributed by atoms with E-state index in [-0.39, 0.29) is 12.4 Å². The Bertz CT molecular complexity index is 982. The summed E-state index contributed by atoms with van der Waals surface area (Å²) in [7, 11) is -2.90. The molecule has 0 fully saturated rings. The van der Waals surface area contributed by atoms with Gasteiger partial charge in [-0.25, -0.2) is 4.39 Å². The number of furan rings is 1. The van der Waals surface area contributed by atoms with Gasteiger partial charge >= 0.3 is 8.25 Å². The fraction of sp³-hybridized carbons (Fsp3) is 0.360. The highest BCUT2D eigenvalue weighted by Crippen LogP contribution is 2.33. The van der Waals surface area contributed by atoms with Crippen LogP contribution in [0.25, 0.3) is 11.3 Å². The molecular formula is C25H31FNO5P. The van der Waals surface area contributed by atoms with E-state index >= 15 is 0 Å². The summed E-state index contributed by atoms with van der Waals surface area (Å²) in [6.07, 6.45) is 6.17. The Kier molecular flexibility index (Phi) is 10.7. The summed E-state index contributed by atoms with van der Waals surface area (Å²) in [4.78, 5) is 8.66. The van der Waals surface area contributed by atoms with Crippen LogP contribution in [0.4, 0.5) is 4.39 Å². The molecule has 1 aromatic heterocycles. The summed E-state index contributed by atoms with van der Waals surface area (Å²) in [5.74, 6) is 0.737. The highest BCUT2D eigenvalue weighted by Gasteiger charge is 2.15. The molecule has 0 amide bonds. The van der Waals surface area contributed by atoms with Gasteiger partial charge in [-0.1, -0.05) is 30.3 Å². The van der Waals surface area contributed by atoms with Crippen LogP contribution in [0.2, 0.25) is 0 Å². The van der Waals surface area contributed by atoms with E-state index in [1.807, 2.05) is 12.1 Å². The monoisotopic (exact) mass is 475 g/mol. The van der Waals surface area contributed by atoms with Crippen LogP contribution in [0.5, 0.6) is 5.75 Å². The molecule has 1 heterocycles. The van der Waals surface area contributed by atoms with Crippen LogP contribution in [0.3, 0.4) is 0 Å². The number of ether oxygens (including phenoxy) is 1. The molecule has 0 saturated heterocycles. The molecule has 3 rings (SSSR count). The SMILES string of the molecule is O=[PH](O)OCCCNCc1cc(-c2ccco2)c(OCCCCCc2ccccc2)cc1F. The first-order chi connectivity index (χ1) is 16.1. The van der Waals surface area contributed by atoms with Crippen LogP contribution >= 0.6 is 8.25 Å². The van der Waals surface area contributed by atoms with E-state index in [2.05, 4.69) is 34.1 Å². The maximum Gasteiger partial charge on any atom is 0.316 e. The lowest BCUT2D eigenvalue weighted by molar-refractivity contribution is 0.276. The van der Waals surface area contributed by atoms with Crippen LogP contribution in [-0.2, 0) is 22.1 Å². The van der Waals surface area contributed by atoms with Gasteiger partial charge in [0.2, 0.25) is 0 Å². The maximum absolute atomic E-state index is 14.7. The summed E-state index contributed by atoms with van der Waals surface area (Å²) in [6, 6.07) is 17.2. The van der Waals surface area contributed by atoms with Gasteiger partial charge in [-0.2, -0.15) is 0 Å². The van der Waals surface area contributed by atoms with Crippen molar-refractivity contribution in [3.8, 4) is 17.1 Å². The lowest BCUT2D eigenvalue weighted by Gasteiger charge is -2.14. The van der Waals surface area contributed by atoms with Gasteiger partial charge in [0.1, 0.15) is 17.3 Å². The summed E-state index contributed by atoms with van der Waals surface area (Å²) in [6.45, 7) is 1.53. The lowest BCUT2D eigenvalue weighted by Crippen LogP contribution is -2.17. The van der Waals surface area contributed by atoms with Gasteiger partial charge in [0.25, 0.3) is 0 Å². The largest absolute Gasteiger partial charge is 0.493 e. The fourth-order valence-corrected chi connectivity index (χ4v) is 3.81. The van der Waals surface area contributed by atoms with Crippen molar-refractivity contribution in [2.24, 2.45) is 0 Å². The second-order valence-electron chi connectivity index (χ2n) is 7.71. The van der Waals surface area contributed by atoms with E-state index in [1.54, 1.807) is 18.4 Å². The van der Waals surface area contributed by atoms with Crippen molar-refractivity contribution < 1.29 is 27.5 Å². The van der Waals surface area contributed by atoms with Crippen molar-refractivity contribution >= 4 is 8.25 Å². The van der Waals surface area contributed by atoms with Crippen molar-refractivity contribution in [2.45, 2.75) is 38.6 Å². The molecule has 0 aliphatic heterocycles. The van der Waals surface area contributed by atoms with Crippen LogP contribution < -0.4 is 10.1 Å². The Morgan fingerprint density at radius 1 is 1.00 bits per heavy atom. The van der Waals surface area contributed by atoms with Gasteiger partial charge in [-0.15, -0.1) is 0 Å². The molecule has 0 saturated carbocycles. The first-order valence-corrected chi connectivity index (χ1v) is 12.5. The smallest absolute Gasteiger partial charge is 0.316 e. The van der Waals surface area contributed by atoms with E-state index in [9.17, 15) is 8.96 Å². The van der Waals surface area contributed by atoms with Crippen molar-refractivity contribution in [1.29, 1.82) is 0 Å². The summed E-state index contributed by atoms with van der Waals surface area (Å²) in [5.41, 5.74) is 2.54. The predicted molar refractivity (Wildman–Crippen MR) is 127 cm³/mol. The minimum atomic E-state index is -2.90. The average Bonchev–Trinajstić information content (AvgIpc) is 3.34. The molecule has 0 aliphatic carbocycles. The van der Waals surface area contributed by atoms with Gasteiger partial charge in [0.15, 0.2) is 0 Å². The van der Waals surface area contributed by atoms with Crippen LogP contribution in [0.1, 0.15) is 36.8 Å². The molecule has 0 spiro atoms. The molecular weight excluding hydrogens is 444 g/mol. The number of hydrogen-bond acceptors (Lipinski definition) is 5. The van der Waals surface area contributed by atoms with Gasteiger partial charge in [-0.05, 0) is 62.4 Å². The molecule has 1 unspecified atom stereocenters. The standard InChI is InChI=1S/C25H31FNO5P/c26-23-18-25(31-14-6-2-5-11-20-9-3-1-4-10-20)22(24-12-7-15-30-24)17-21(23)19-27-13-8-16-32-33(28)29/h1,3-4,7,9-10,12,15,17-18,27,33H,2,5-6,8,11,13-14,16,19H2,(H,28,29). The van der Waals surface area contributed by atoms with E-state index in [4.69, 9.17) is 14.0 Å². The third kappa shape index (κ3) is 8.78.